The first-order valence-electron chi connectivity index (χ1n) is 6.37. The standard InChI is InChI=1S/C14H21ClN2O/c1-17-13(14(9-16)6-3-7-14)11-5-4-10(18-2)8-12(11)15/h4-5,8,13,17H,3,6-7,9,16H2,1-2H3. The molecule has 1 aromatic rings. The van der Waals surface area contributed by atoms with E-state index in [1.807, 2.05) is 25.2 Å². The van der Waals surface area contributed by atoms with Gasteiger partial charge in [-0.15, -0.1) is 0 Å². The molecule has 1 unspecified atom stereocenters. The maximum absolute atomic E-state index is 6.36. The first-order valence-corrected chi connectivity index (χ1v) is 6.75. The third-order valence-electron chi connectivity index (χ3n) is 4.18. The summed E-state index contributed by atoms with van der Waals surface area (Å²) in [5.41, 5.74) is 7.26. The topological polar surface area (TPSA) is 47.3 Å². The van der Waals surface area contributed by atoms with Crippen LogP contribution in [0.2, 0.25) is 5.02 Å². The summed E-state index contributed by atoms with van der Waals surface area (Å²) < 4.78 is 5.19. The van der Waals surface area contributed by atoms with E-state index in [1.165, 1.54) is 6.42 Å². The fourth-order valence-electron chi connectivity index (χ4n) is 2.90. The first kappa shape index (κ1) is 13.7. The molecule has 0 aromatic heterocycles. The Bertz CT molecular complexity index is 413. The van der Waals surface area contributed by atoms with E-state index < -0.39 is 0 Å². The third-order valence-corrected chi connectivity index (χ3v) is 4.50. The lowest BCUT2D eigenvalue weighted by Gasteiger charge is -2.47. The van der Waals surface area contributed by atoms with Crippen LogP contribution in [0.1, 0.15) is 30.9 Å². The van der Waals surface area contributed by atoms with Crippen LogP contribution in [0.15, 0.2) is 18.2 Å². The first-order chi connectivity index (χ1) is 8.66. The van der Waals surface area contributed by atoms with Crippen molar-refractivity contribution in [2.24, 2.45) is 11.1 Å². The van der Waals surface area contributed by atoms with E-state index in [1.54, 1.807) is 7.11 Å². The maximum atomic E-state index is 6.36. The average molecular weight is 269 g/mol. The summed E-state index contributed by atoms with van der Waals surface area (Å²) in [6, 6.07) is 6.08. The zero-order valence-corrected chi connectivity index (χ0v) is 11.8. The third kappa shape index (κ3) is 2.22. The summed E-state index contributed by atoms with van der Waals surface area (Å²) in [5, 5.41) is 4.13. The number of ether oxygens (including phenoxy) is 1. The van der Waals surface area contributed by atoms with Gasteiger partial charge in [0.25, 0.3) is 0 Å². The Kier molecular flexibility index (Phi) is 4.15. The van der Waals surface area contributed by atoms with Gasteiger partial charge < -0.3 is 15.8 Å². The van der Waals surface area contributed by atoms with Crippen LogP contribution in [-0.2, 0) is 0 Å². The Morgan fingerprint density at radius 1 is 1.50 bits per heavy atom. The molecule has 1 fully saturated rings. The molecule has 1 atom stereocenters. The molecular formula is C14H21ClN2O. The van der Waals surface area contributed by atoms with E-state index in [-0.39, 0.29) is 11.5 Å². The minimum absolute atomic E-state index is 0.160. The molecule has 100 valence electrons. The molecule has 0 bridgehead atoms. The van der Waals surface area contributed by atoms with Crippen molar-refractivity contribution in [2.45, 2.75) is 25.3 Å². The van der Waals surface area contributed by atoms with Crippen LogP contribution in [0.3, 0.4) is 0 Å². The predicted molar refractivity (Wildman–Crippen MR) is 75.1 cm³/mol. The monoisotopic (exact) mass is 268 g/mol. The Morgan fingerprint density at radius 2 is 2.22 bits per heavy atom. The molecule has 18 heavy (non-hydrogen) atoms. The molecule has 0 amide bonds. The Hall–Kier alpha value is -0.770. The molecule has 0 saturated heterocycles. The highest BCUT2D eigenvalue weighted by Gasteiger charge is 2.43. The molecule has 1 saturated carbocycles. The van der Waals surface area contributed by atoms with Gasteiger partial charge in [0.15, 0.2) is 0 Å². The van der Waals surface area contributed by atoms with E-state index in [9.17, 15) is 0 Å². The summed E-state index contributed by atoms with van der Waals surface area (Å²) in [6.07, 6.45) is 3.58. The zero-order valence-electron chi connectivity index (χ0n) is 11.0. The number of halogens is 1. The minimum atomic E-state index is 0.160. The van der Waals surface area contributed by atoms with Crippen molar-refractivity contribution in [2.75, 3.05) is 20.7 Å². The van der Waals surface area contributed by atoms with E-state index in [0.29, 0.717) is 6.54 Å². The smallest absolute Gasteiger partial charge is 0.120 e. The molecule has 4 heteroatoms. The van der Waals surface area contributed by atoms with Crippen molar-refractivity contribution in [3.8, 4) is 5.75 Å². The molecule has 3 N–H and O–H groups in total. The molecule has 0 aliphatic heterocycles. The number of nitrogens with one attached hydrogen (secondary N) is 1. The molecule has 1 aromatic carbocycles. The number of nitrogens with two attached hydrogens (primary N) is 1. The molecule has 0 heterocycles. The van der Waals surface area contributed by atoms with Crippen LogP contribution in [-0.4, -0.2) is 20.7 Å². The quantitative estimate of drug-likeness (QED) is 0.863. The summed E-state index contributed by atoms with van der Waals surface area (Å²) in [7, 11) is 3.62. The lowest BCUT2D eigenvalue weighted by Crippen LogP contribution is -2.47. The van der Waals surface area contributed by atoms with Crippen molar-refractivity contribution in [1.82, 2.24) is 5.32 Å². The SMILES string of the molecule is CNC(c1ccc(OC)cc1Cl)C1(CN)CCC1. The van der Waals surface area contributed by atoms with Gasteiger partial charge in [0.2, 0.25) is 0 Å². The van der Waals surface area contributed by atoms with E-state index in [0.717, 1.165) is 29.2 Å². The molecule has 1 aliphatic carbocycles. The largest absolute Gasteiger partial charge is 0.497 e. The van der Waals surface area contributed by atoms with E-state index in [4.69, 9.17) is 22.1 Å². The van der Waals surface area contributed by atoms with Crippen LogP contribution >= 0.6 is 11.6 Å². The highest BCUT2D eigenvalue weighted by Crippen LogP contribution is 2.50. The number of hydrogen-bond donors (Lipinski definition) is 2. The van der Waals surface area contributed by atoms with Gasteiger partial charge >= 0.3 is 0 Å². The van der Waals surface area contributed by atoms with Gasteiger partial charge in [-0.1, -0.05) is 24.1 Å². The second-order valence-electron chi connectivity index (χ2n) is 5.03. The molecule has 1 aliphatic rings. The highest BCUT2D eigenvalue weighted by molar-refractivity contribution is 6.31. The van der Waals surface area contributed by atoms with Crippen molar-refractivity contribution < 1.29 is 4.74 Å². The summed E-state index contributed by atoms with van der Waals surface area (Å²) >= 11 is 6.36. The zero-order chi connectivity index (χ0) is 13.2. The molecule has 0 spiro atoms. The van der Waals surface area contributed by atoms with Crippen molar-refractivity contribution in [1.29, 1.82) is 0 Å². The number of benzene rings is 1. The van der Waals surface area contributed by atoms with Crippen LogP contribution in [0.5, 0.6) is 5.75 Å². The minimum Gasteiger partial charge on any atom is -0.497 e. The molecular weight excluding hydrogens is 248 g/mol. The molecule has 2 rings (SSSR count). The number of hydrogen-bond acceptors (Lipinski definition) is 3. The van der Waals surface area contributed by atoms with Gasteiger partial charge in [0.05, 0.1) is 7.11 Å². The van der Waals surface area contributed by atoms with Crippen molar-refractivity contribution in [3.63, 3.8) is 0 Å². The summed E-state index contributed by atoms with van der Waals surface area (Å²) in [4.78, 5) is 0. The van der Waals surface area contributed by atoms with Gasteiger partial charge in [0.1, 0.15) is 5.75 Å². The lowest BCUT2D eigenvalue weighted by atomic mass is 9.62. The van der Waals surface area contributed by atoms with Crippen molar-refractivity contribution >= 4 is 11.6 Å². The van der Waals surface area contributed by atoms with Gasteiger partial charge in [-0.25, -0.2) is 0 Å². The molecule has 0 radical (unpaired) electrons. The van der Waals surface area contributed by atoms with Crippen LogP contribution < -0.4 is 15.8 Å². The van der Waals surface area contributed by atoms with Crippen LogP contribution in [0, 0.1) is 5.41 Å². The van der Waals surface area contributed by atoms with Gasteiger partial charge in [-0.05, 0) is 44.1 Å². The van der Waals surface area contributed by atoms with E-state index in [2.05, 4.69) is 5.32 Å². The van der Waals surface area contributed by atoms with Gasteiger partial charge in [-0.2, -0.15) is 0 Å². The van der Waals surface area contributed by atoms with Gasteiger partial charge in [-0.3, -0.25) is 0 Å². The summed E-state index contributed by atoms with van der Waals surface area (Å²) in [6.45, 7) is 0.695. The average Bonchev–Trinajstić information content (AvgIpc) is 2.34. The van der Waals surface area contributed by atoms with E-state index >= 15 is 0 Å². The van der Waals surface area contributed by atoms with Crippen molar-refractivity contribution in [3.05, 3.63) is 28.8 Å². The Balaban J connectivity index is 2.33. The van der Waals surface area contributed by atoms with Crippen LogP contribution in [0.25, 0.3) is 0 Å². The predicted octanol–water partition coefficient (Wildman–Crippen LogP) is 2.74. The lowest BCUT2D eigenvalue weighted by molar-refractivity contribution is 0.0880. The Morgan fingerprint density at radius 3 is 2.61 bits per heavy atom. The van der Waals surface area contributed by atoms with Crippen LogP contribution in [0.4, 0.5) is 0 Å². The normalized spacial score (nSPS) is 19.1. The summed E-state index contributed by atoms with van der Waals surface area (Å²) in [5.74, 6) is 0.786. The maximum Gasteiger partial charge on any atom is 0.120 e. The van der Waals surface area contributed by atoms with Gasteiger partial charge in [0, 0.05) is 16.5 Å². The highest BCUT2D eigenvalue weighted by atomic mass is 35.5. The second kappa shape index (κ2) is 5.47. The second-order valence-corrected chi connectivity index (χ2v) is 5.44. The Labute approximate surface area is 114 Å². The number of methoxy groups -OCH3 is 1. The fraction of sp³-hybridized carbons (Fsp3) is 0.571. The number of rotatable bonds is 5. The fourth-order valence-corrected chi connectivity index (χ4v) is 3.18. The molecule has 3 nitrogen and oxygen atoms in total.